The molecule has 2 unspecified atom stereocenters. The maximum Gasteiger partial charge on any atom is 0.410 e. The van der Waals surface area contributed by atoms with Gasteiger partial charge in [-0.3, -0.25) is 9.80 Å². The molecule has 1 aliphatic carbocycles. The van der Waals surface area contributed by atoms with Gasteiger partial charge in [-0.2, -0.15) is 4.31 Å². The van der Waals surface area contributed by atoms with Crippen LogP contribution in [0.5, 0.6) is 0 Å². The van der Waals surface area contributed by atoms with Gasteiger partial charge in [0.2, 0.25) is 10.0 Å². The van der Waals surface area contributed by atoms with Crippen molar-refractivity contribution in [3.05, 3.63) is 29.3 Å². The fourth-order valence-electron chi connectivity index (χ4n) is 5.48. The second kappa shape index (κ2) is 8.66. The Morgan fingerprint density at radius 3 is 2.39 bits per heavy atom. The van der Waals surface area contributed by atoms with Gasteiger partial charge in [-0.05, 0) is 56.5 Å². The predicted molar refractivity (Wildman–Crippen MR) is 120 cm³/mol. The van der Waals surface area contributed by atoms with Crippen molar-refractivity contribution in [3.63, 3.8) is 0 Å². The van der Waals surface area contributed by atoms with Gasteiger partial charge < -0.3 is 14.6 Å². The van der Waals surface area contributed by atoms with E-state index < -0.39 is 27.9 Å². The van der Waals surface area contributed by atoms with Crippen LogP contribution in [0, 0.1) is 0 Å². The highest BCUT2D eigenvalue weighted by atomic mass is 35.5. The summed E-state index contributed by atoms with van der Waals surface area (Å²) in [5.41, 5.74) is -1.00. The number of fused-ring (bicyclic) bond motifs is 2. The van der Waals surface area contributed by atoms with Gasteiger partial charge in [0.1, 0.15) is 11.8 Å². The standard InChI is InChI=1S/C22H30ClN3O6S/c1-2-24-11-16-5-6-17(12-24)25(16)21(28)32-22(9-10-22)19-13-31-14-20(27)26(19)33(29,30)18-7-3-15(23)4-8-18/h3-4,7-8,16-17,19-20,27H,2,5-6,9-14H2,1H3/t16?,17?,19-,20-/m1/s1. The molecule has 1 saturated carbocycles. The van der Waals surface area contributed by atoms with Crippen molar-refractivity contribution in [3.8, 4) is 0 Å². The van der Waals surface area contributed by atoms with E-state index in [0.717, 1.165) is 36.8 Å². The molecule has 3 saturated heterocycles. The van der Waals surface area contributed by atoms with Gasteiger partial charge in [0.25, 0.3) is 0 Å². The number of nitrogens with zero attached hydrogens (tertiary/aromatic N) is 3. The summed E-state index contributed by atoms with van der Waals surface area (Å²) in [6, 6.07) is 5.24. The van der Waals surface area contributed by atoms with Crippen LogP contribution in [0.2, 0.25) is 5.02 Å². The largest absolute Gasteiger partial charge is 0.441 e. The lowest BCUT2D eigenvalue weighted by Crippen LogP contribution is -2.62. The van der Waals surface area contributed by atoms with Crippen molar-refractivity contribution in [2.75, 3.05) is 32.8 Å². The molecule has 1 amide bonds. The molecule has 11 heteroatoms. The second-order valence-electron chi connectivity index (χ2n) is 9.40. The van der Waals surface area contributed by atoms with E-state index in [4.69, 9.17) is 21.1 Å². The van der Waals surface area contributed by atoms with Gasteiger partial charge in [0, 0.05) is 30.2 Å². The molecule has 1 aromatic rings. The monoisotopic (exact) mass is 499 g/mol. The second-order valence-corrected chi connectivity index (χ2v) is 11.7. The highest BCUT2D eigenvalue weighted by molar-refractivity contribution is 7.89. The Bertz CT molecular complexity index is 988. The zero-order chi connectivity index (χ0) is 23.4. The van der Waals surface area contributed by atoms with Crippen LogP contribution in [0.3, 0.4) is 0 Å². The third kappa shape index (κ3) is 4.15. The summed E-state index contributed by atoms with van der Waals surface area (Å²) >= 11 is 5.92. The number of benzene rings is 1. The first-order chi connectivity index (χ1) is 15.7. The molecule has 33 heavy (non-hydrogen) atoms. The first kappa shape index (κ1) is 23.3. The van der Waals surface area contributed by atoms with Crippen LogP contribution >= 0.6 is 11.6 Å². The zero-order valence-electron chi connectivity index (χ0n) is 18.6. The van der Waals surface area contributed by atoms with E-state index in [-0.39, 0.29) is 36.3 Å². The maximum absolute atomic E-state index is 13.5. The minimum Gasteiger partial charge on any atom is -0.441 e. The van der Waals surface area contributed by atoms with Gasteiger partial charge in [-0.1, -0.05) is 18.5 Å². The van der Waals surface area contributed by atoms with E-state index in [9.17, 15) is 18.3 Å². The summed E-state index contributed by atoms with van der Waals surface area (Å²) in [5, 5.41) is 11.1. The van der Waals surface area contributed by atoms with Crippen LogP contribution in [0.1, 0.15) is 32.6 Å². The number of carbonyl (C=O) groups excluding carboxylic acids is 1. The number of aliphatic hydroxyl groups is 1. The van der Waals surface area contributed by atoms with Crippen molar-refractivity contribution in [2.24, 2.45) is 0 Å². The molecule has 1 aromatic carbocycles. The highest BCUT2D eigenvalue weighted by Crippen LogP contribution is 2.48. The van der Waals surface area contributed by atoms with E-state index in [1.165, 1.54) is 24.3 Å². The topological polar surface area (TPSA) is 99.6 Å². The number of likely N-dealkylation sites (N-methyl/N-ethyl adjacent to an activating group) is 1. The number of likely N-dealkylation sites (tertiary alicyclic amines) is 1. The number of aliphatic hydroxyl groups excluding tert-OH is 1. The van der Waals surface area contributed by atoms with Crippen LogP contribution in [0.15, 0.2) is 29.2 Å². The molecular weight excluding hydrogens is 470 g/mol. The summed E-state index contributed by atoms with van der Waals surface area (Å²) < 4.78 is 39.6. The van der Waals surface area contributed by atoms with Gasteiger partial charge >= 0.3 is 6.09 Å². The van der Waals surface area contributed by atoms with Crippen LogP contribution < -0.4 is 0 Å². The summed E-state index contributed by atoms with van der Waals surface area (Å²) in [5.74, 6) is 0. The fraction of sp³-hybridized carbons (Fsp3) is 0.682. The summed E-state index contributed by atoms with van der Waals surface area (Å²) in [6.07, 6.45) is 1.19. The van der Waals surface area contributed by atoms with Gasteiger partial charge in [0.15, 0.2) is 0 Å². The molecule has 1 N–H and O–H groups in total. The zero-order valence-corrected chi connectivity index (χ0v) is 20.2. The normalized spacial score (nSPS) is 32.0. The van der Waals surface area contributed by atoms with E-state index in [2.05, 4.69) is 11.8 Å². The quantitative estimate of drug-likeness (QED) is 0.660. The lowest BCUT2D eigenvalue weighted by molar-refractivity contribution is -0.131. The number of morpholine rings is 1. The molecule has 9 nitrogen and oxygen atoms in total. The van der Waals surface area contributed by atoms with Crippen molar-refractivity contribution >= 4 is 27.7 Å². The first-order valence-corrected chi connectivity index (χ1v) is 13.4. The molecule has 0 radical (unpaired) electrons. The van der Waals surface area contributed by atoms with Crippen LogP contribution in [-0.2, 0) is 19.5 Å². The molecule has 2 bridgehead atoms. The van der Waals surface area contributed by atoms with E-state index in [1.807, 2.05) is 4.90 Å². The Labute approximate surface area is 199 Å². The van der Waals surface area contributed by atoms with E-state index in [1.54, 1.807) is 0 Å². The van der Waals surface area contributed by atoms with Crippen LogP contribution in [0.4, 0.5) is 4.79 Å². The Morgan fingerprint density at radius 2 is 1.82 bits per heavy atom. The third-order valence-corrected chi connectivity index (χ3v) is 9.56. The number of halogens is 1. The van der Waals surface area contributed by atoms with Crippen LogP contribution in [-0.4, -0.2) is 96.5 Å². The fourth-order valence-corrected chi connectivity index (χ4v) is 7.30. The molecule has 4 aliphatic rings. The lowest BCUT2D eigenvalue weighted by Gasteiger charge is -2.44. The molecular formula is C22H30ClN3O6S. The highest BCUT2D eigenvalue weighted by Gasteiger charge is 2.61. The molecule has 182 valence electrons. The van der Waals surface area contributed by atoms with Gasteiger partial charge in [-0.25, -0.2) is 13.2 Å². The number of hydrogen-bond acceptors (Lipinski definition) is 7. The first-order valence-electron chi connectivity index (χ1n) is 11.5. The minimum atomic E-state index is -4.07. The molecule has 5 rings (SSSR count). The number of carbonyl (C=O) groups is 1. The van der Waals surface area contributed by atoms with Gasteiger partial charge in [-0.15, -0.1) is 0 Å². The molecule has 0 spiro atoms. The molecule has 3 heterocycles. The average molecular weight is 500 g/mol. The van der Waals surface area contributed by atoms with E-state index >= 15 is 0 Å². The third-order valence-electron chi connectivity index (χ3n) is 7.39. The Kier molecular flexibility index (Phi) is 6.12. The summed E-state index contributed by atoms with van der Waals surface area (Å²) in [4.78, 5) is 17.5. The molecule has 3 aliphatic heterocycles. The maximum atomic E-state index is 13.5. The molecule has 4 fully saturated rings. The number of rotatable bonds is 5. The SMILES string of the molecule is CCN1CC2CCC(C1)N2C(=O)OC1([C@H]2COC[C@@H](O)N2S(=O)(=O)c2ccc(Cl)cc2)CC1. The van der Waals surface area contributed by atoms with Crippen molar-refractivity contribution in [2.45, 2.75) is 67.5 Å². The Morgan fingerprint density at radius 1 is 1.18 bits per heavy atom. The number of hydrogen-bond donors (Lipinski definition) is 1. The number of piperazine rings is 1. The van der Waals surface area contributed by atoms with Crippen molar-refractivity contribution in [1.29, 1.82) is 0 Å². The number of amides is 1. The lowest BCUT2D eigenvalue weighted by atomic mass is 10.1. The van der Waals surface area contributed by atoms with Gasteiger partial charge in [0.05, 0.1) is 24.2 Å². The molecule has 0 aromatic heterocycles. The minimum absolute atomic E-state index is 0.0220. The van der Waals surface area contributed by atoms with Crippen molar-refractivity contribution in [1.82, 2.24) is 14.1 Å². The Hall–Kier alpha value is -1.43. The molecule has 4 atom stereocenters. The van der Waals surface area contributed by atoms with E-state index in [0.29, 0.717) is 17.9 Å². The van der Waals surface area contributed by atoms with Crippen molar-refractivity contribution < 1.29 is 27.8 Å². The summed E-state index contributed by atoms with van der Waals surface area (Å²) in [6.45, 7) is 4.64. The van der Waals surface area contributed by atoms with Crippen LogP contribution in [0.25, 0.3) is 0 Å². The average Bonchev–Trinajstić information content (AvgIpc) is 3.51. The number of ether oxygens (including phenoxy) is 2. The smallest absolute Gasteiger partial charge is 0.410 e. The Balaban J connectivity index is 1.38. The number of sulfonamides is 1. The predicted octanol–water partition coefficient (Wildman–Crippen LogP) is 1.89. The summed E-state index contributed by atoms with van der Waals surface area (Å²) in [7, 11) is -4.07.